The molecule has 0 bridgehead atoms. The molecule has 0 spiro atoms. The summed E-state index contributed by atoms with van der Waals surface area (Å²) in [5, 5.41) is 1.08. The Morgan fingerprint density at radius 2 is 2.00 bits per heavy atom. The van der Waals surface area contributed by atoms with Gasteiger partial charge in [0.25, 0.3) is 0 Å². The minimum Gasteiger partial charge on any atom is -0.487 e. The summed E-state index contributed by atoms with van der Waals surface area (Å²) in [6.45, 7) is 2.43. The van der Waals surface area contributed by atoms with Gasteiger partial charge < -0.3 is 10.5 Å². The molecule has 0 saturated carbocycles. The molecule has 21 heavy (non-hydrogen) atoms. The van der Waals surface area contributed by atoms with Gasteiger partial charge in [0.05, 0.1) is 0 Å². The van der Waals surface area contributed by atoms with Crippen LogP contribution in [0.1, 0.15) is 11.3 Å². The molecule has 0 aliphatic carbocycles. The highest BCUT2D eigenvalue weighted by molar-refractivity contribution is 9.10. The Hall–Kier alpha value is -2.07. The van der Waals surface area contributed by atoms with E-state index in [1.807, 2.05) is 49.4 Å². The number of rotatable bonds is 3. The predicted molar refractivity (Wildman–Crippen MR) is 89.4 cm³/mol. The lowest BCUT2D eigenvalue weighted by Crippen LogP contribution is -1.98. The molecule has 0 fully saturated rings. The van der Waals surface area contributed by atoms with E-state index in [1.54, 1.807) is 0 Å². The molecule has 1 heterocycles. The minimum absolute atomic E-state index is 0.457. The molecule has 0 radical (unpaired) electrons. The van der Waals surface area contributed by atoms with Crippen LogP contribution in [-0.2, 0) is 6.61 Å². The van der Waals surface area contributed by atoms with Crippen LogP contribution in [-0.4, -0.2) is 4.98 Å². The summed E-state index contributed by atoms with van der Waals surface area (Å²) in [4.78, 5) is 4.56. The van der Waals surface area contributed by atoms with Crippen molar-refractivity contribution in [1.82, 2.24) is 4.98 Å². The number of aromatic nitrogens is 1. The monoisotopic (exact) mass is 342 g/mol. The quantitative estimate of drug-likeness (QED) is 0.714. The summed E-state index contributed by atoms with van der Waals surface area (Å²) in [5.41, 5.74) is 9.44. The van der Waals surface area contributed by atoms with Crippen molar-refractivity contribution in [2.24, 2.45) is 0 Å². The Labute approximate surface area is 131 Å². The largest absolute Gasteiger partial charge is 0.487 e. The standard InChI is InChI=1S/C17H15BrN2O/c1-11-5-6-13-3-2-4-16(17(13)20-11)21-10-12-7-14(18)9-15(19)8-12/h2-9H,10,19H2,1H3. The van der Waals surface area contributed by atoms with Crippen LogP contribution in [0.15, 0.2) is 53.0 Å². The zero-order chi connectivity index (χ0) is 14.8. The van der Waals surface area contributed by atoms with Gasteiger partial charge in [-0.3, -0.25) is 0 Å². The van der Waals surface area contributed by atoms with Gasteiger partial charge >= 0.3 is 0 Å². The van der Waals surface area contributed by atoms with Gasteiger partial charge in [0.2, 0.25) is 0 Å². The molecule has 4 heteroatoms. The summed E-state index contributed by atoms with van der Waals surface area (Å²) < 4.78 is 6.88. The van der Waals surface area contributed by atoms with Crippen LogP contribution in [0.3, 0.4) is 0 Å². The Morgan fingerprint density at radius 3 is 2.81 bits per heavy atom. The van der Waals surface area contributed by atoms with E-state index in [0.29, 0.717) is 6.61 Å². The number of nitrogen functional groups attached to an aromatic ring is 1. The molecule has 1 aromatic heterocycles. The van der Waals surface area contributed by atoms with Crippen LogP contribution in [0.4, 0.5) is 5.69 Å². The van der Waals surface area contributed by atoms with Gasteiger partial charge in [-0.15, -0.1) is 0 Å². The van der Waals surface area contributed by atoms with Gasteiger partial charge in [-0.1, -0.05) is 34.1 Å². The smallest absolute Gasteiger partial charge is 0.146 e. The highest BCUT2D eigenvalue weighted by atomic mass is 79.9. The van der Waals surface area contributed by atoms with Crippen molar-refractivity contribution in [3.63, 3.8) is 0 Å². The molecule has 0 saturated heterocycles. The number of benzene rings is 2. The molecular formula is C17H15BrN2O. The number of para-hydroxylation sites is 1. The summed E-state index contributed by atoms with van der Waals surface area (Å²) in [6.07, 6.45) is 0. The van der Waals surface area contributed by atoms with Crippen LogP contribution in [0.5, 0.6) is 5.75 Å². The van der Waals surface area contributed by atoms with Gasteiger partial charge in [0, 0.05) is 21.2 Å². The van der Waals surface area contributed by atoms with E-state index in [2.05, 4.69) is 27.0 Å². The van der Waals surface area contributed by atoms with E-state index in [0.717, 1.165) is 38.1 Å². The highest BCUT2D eigenvalue weighted by Crippen LogP contribution is 2.25. The number of nitrogens with zero attached hydrogens (tertiary/aromatic N) is 1. The normalized spacial score (nSPS) is 10.8. The molecule has 0 atom stereocenters. The van der Waals surface area contributed by atoms with Crippen LogP contribution < -0.4 is 10.5 Å². The molecule has 2 N–H and O–H groups in total. The van der Waals surface area contributed by atoms with Crippen molar-refractivity contribution in [1.29, 1.82) is 0 Å². The Morgan fingerprint density at radius 1 is 1.14 bits per heavy atom. The van der Waals surface area contributed by atoms with Crippen LogP contribution in [0.2, 0.25) is 0 Å². The first kappa shape index (κ1) is 13.9. The molecule has 3 aromatic rings. The summed E-state index contributed by atoms with van der Waals surface area (Å²) in [6, 6.07) is 15.8. The third-order valence-electron chi connectivity index (χ3n) is 3.20. The summed E-state index contributed by atoms with van der Waals surface area (Å²) >= 11 is 3.44. The van der Waals surface area contributed by atoms with Crippen molar-refractivity contribution < 1.29 is 4.74 Å². The van der Waals surface area contributed by atoms with Crippen molar-refractivity contribution in [2.45, 2.75) is 13.5 Å². The van der Waals surface area contributed by atoms with E-state index in [9.17, 15) is 0 Å². The molecule has 0 aliphatic heterocycles. The van der Waals surface area contributed by atoms with E-state index in [4.69, 9.17) is 10.5 Å². The minimum atomic E-state index is 0.457. The number of nitrogens with two attached hydrogens (primary N) is 1. The lowest BCUT2D eigenvalue weighted by atomic mass is 10.2. The number of hydrogen-bond acceptors (Lipinski definition) is 3. The first-order valence-corrected chi connectivity index (χ1v) is 7.45. The Balaban J connectivity index is 1.89. The molecule has 3 nitrogen and oxygen atoms in total. The second-order valence-electron chi connectivity index (χ2n) is 4.96. The predicted octanol–water partition coefficient (Wildman–Crippen LogP) is 4.47. The highest BCUT2D eigenvalue weighted by Gasteiger charge is 2.05. The molecule has 106 valence electrons. The lowest BCUT2D eigenvalue weighted by molar-refractivity contribution is 0.309. The van der Waals surface area contributed by atoms with E-state index in [-0.39, 0.29) is 0 Å². The fourth-order valence-corrected chi connectivity index (χ4v) is 2.81. The number of ether oxygens (including phenoxy) is 1. The Kier molecular flexibility index (Phi) is 3.80. The average molecular weight is 343 g/mol. The zero-order valence-corrected chi connectivity index (χ0v) is 13.2. The number of halogens is 1. The molecule has 0 unspecified atom stereocenters. The Bertz CT molecular complexity index is 782. The van der Waals surface area contributed by atoms with Crippen molar-refractivity contribution in [2.75, 3.05) is 5.73 Å². The fourth-order valence-electron chi connectivity index (χ4n) is 2.25. The molecule has 2 aromatic carbocycles. The molecule has 0 aliphatic rings. The number of hydrogen-bond donors (Lipinski definition) is 1. The lowest BCUT2D eigenvalue weighted by Gasteiger charge is -2.10. The average Bonchev–Trinajstić information content (AvgIpc) is 2.44. The van der Waals surface area contributed by atoms with Crippen molar-refractivity contribution >= 4 is 32.5 Å². The second-order valence-corrected chi connectivity index (χ2v) is 5.88. The van der Waals surface area contributed by atoms with Crippen LogP contribution in [0.25, 0.3) is 10.9 Å². The number of pyridine rings is 1. The molecule has 0 amide bonds. The fraction of sp³-hybridized carbons (Fsp3) is 0.118. The molecule has 3 rings (SSSR count). The number of aryl methyl sites for hydroxylation is 1. The SMILES string of the molecule is Cc1ccc2cccc(OCc3cc(N)cc(Br)c3)c2n1. The number of fused-ring (bicyclic) bond motifs is 1. The maximum atomic E-state index is 5.93. The van der Waals surface area contributed by atoms with Gasteiger partial charge in [-0.25, -0.2) is 4.98 Å². The first-order valence-electron chi connectivity index (χ1n) is 6.66. The van der Waals surface area contributed by atoms with Crippen LogP contribution >= 0.6 is 15.9 Å². The third-order valence-corrected chi connectivity index (χ3v) is 3.65. The first-order chi connectivity index (χ1) is 10.1. The zero-order valence-electron chi connectivity index (χ0n) is 11.6. The van der Waals surface area contributed by atoms with Gasteiger partial charge in [-0.2, -0.15) is 0 Å². The summed E-state index contributed by atoms with van der Waals surface area (Å²) in [5.74, 6) is 0.787. The van der Waals surface area contributed by atoms with E-state index in [1.165, 1.54) is 0 Å². The van der Waals surface area contributed by atoms with Gasteiger partial charge in [0.15, 0.2) is 0 Å². The van der Waals surface area contributed by atoms with Crippen LogP contribution in [0, 0.1) is 6.92 Å². The summed E-state index contributed by atoms with van der Waals surface area (Å²) in [7, 11) is 0. The third kappa shape index (κ3) is 3.16. The van der Waals surface area contributed by atoms with Crippen molar-refractivity contribution in [3.05, 3.63) is 64.3 Å². The van der Waals surface area contributed by atoms with Gasteiger partial charge in [0.1, 0.15) is 17.9 Å². The maximum Gasteiger partial charge on any atom is 0.146 e. The van der Waals surface area contributed by atoms with Crippen molar-refractivity contribution in [3.8, 4) is 5.75 Å². The number of anilines is 1. The maximum absolute atomic E-state index is 5.93. The van der Waals surface area contributed by atoms with E-state index < -0.39 is 0 Å². The topological polar surface area (TPSA) is 48.1 Å². The molecular weight excluding hydrogens is 328 g/mol. The van der Waals surface area contributed by atoms with E-state index >= 15 is 0 Å². The van der Waals surface area contributed by atoms with Gasteiger partial charge in [-0.05, 0) is 42.8 Å². The second kappa shape index (κ2) is 5.74.